The van der Waals surface area contributed by atoms with Gasteiger partial charge in [0.25, 0.3) is 0 Å². The second-order valence-electron chi connectivity index (χ2n) is 7.19. The number of nitrogens with two attached hydrogens (primary N) is 1. The molecule has 5 rings (SSSR count). The molecule has 32 heavy (non-hydrogen) atoms. The van der Waals surface area contributed by atoms with Crippen LogP contribution >= 0.6 is 11.3 Å². The van der Waals surface area contributed by atoms with Gasteiger partial charge in [-0.15, -0.1) is 16.4 Å². The molecule has 8 heteroatoms. The van der Waals surface area contributed by atoms with Crippen LogP contribution in [0.1, 0.15) is 5.56 Å². The first kappa shape index (κ1) is 20.0. The monoisotopic (exact) mass is 442 g/mol. The first-order valence-electron chi connectivity index (χ1n) is 10.3. The van der Waals surface area contributed by atoms with Crippen molar-refractivity contribution in [3.63, 3.8) is 0 Å². The Labute approximate surface area is 189 Å². The van der Waals surface area contributed by atoms with Crippen LogP contribution in [0.5, 0.6) is 5.75 Å². The molecule has 0 aliphatic rings. The quantitative estimate of drug-likeness (QED) is 0.339. The summed E-state index contributed by atoms with van der Waals surface area (Å²) in [6.07, 6.45) is 0. The molecular weight excluding hydrogens is 420 g/mol. The van der Waals surface area contributed by atoms with Gasteiger partial charge in [0.15, 0.2) is 5.65 Å². The van der Waals surface area contributed by atoms with Gasteiger partial charge in [-0.25, -0.2) is 9.67 Å². The molecule has 0 saturated heterocycles. The maximum Gasteiger partial charge on any atom is 0.225 e. The molecule has 0 amide bonds. The fourth-order valence-corrected chi connectivity index (χ4v) is 4.17. The van der Waals surface area contributed by atoms with E-state index in [1.165, 1.54) is 0 Å². The summed E-state index contributed by atoms with van der Waals surface area (Å²) in [5, 5.41) is 10.7. The Kier molecular flexibility index (Phi) is 5.67. The molecule has 3 N–H and O–H groups in total. The highest BCUT2D eigenvalue weighted by atomic mass is 32.1. The van der Waals surface area contributed by atoms with E-state index in [1.807, 2.05) is 66.0 Å². The van der Waals surface area contributed by atoms with Gasteiger partial charge in [-0.05, 0) is 29.1 Å². The lowest BCUT2D eigenvalue weighted by molar-refractivity contribution is 0.332. The molecule has 160 valence electrons. The van der Waals surface area contributed by atoms with E-state index in [9.17, 15) is 0 Å². The zero-order chi connectivity index (χ0) is 21.8. The van der Waals surface area contributed by atoms with Crippen LogP contribution in [0.15, 0.2) is 78.2 Å². The Hall–Kier alpha value is -3.91. The first-order chi connectivity index (χ1) is 15.8. The summed E-state index contributed by atoms with van der Waals surface area (Å²) >= 11 is 1.61. The molecule has 3 heterocycles. The van der Waals surface area contributed by atoms with Crippen molar-refractivity contribution in [2.75, 3.05) is 24.2 Å². The van der Waals surface area contributed by atoms with Gasteiger partial charge in [0.2, 0.25) is 5.95 Å². The number of hydrogen-bond acceptors (Lipinski definition) is 7. The summed E-state index contributed by atoms with van der Waals surface area (Å²) in [6.45, 7) is 1.62. The van der Waals surface area contributed by atoms with Crippen LogP contribution in [-0.4, -0.2) is 32.9 Å². The zero-order valence-corrected chi connectivity index (χ0v) is 18.1. The van der Waals surface area contributed by atoms with Crippen molar-refractivity contribution in [1.29, 1.82) is 0 Å². The number of rotatable bonds is 8. The maximum absolute atomic E-state index is 6.51. The summed E-state index contributed by atoms with van der Waals surface area (Å²) in [5.74, 6) is 1.89. The molecule has 0 fully saturated rings. The van der Waals surface area contributed by atoms with E-state index in [4.69, 9.17) is 15.5 Å². The Morgan fingerprint density at radius 1 is 0.938 bits per heavy atom. The normalized spacial score (nSPS) is 11.0. The van der Waals surface area contributed by atoms with Crippen molar-refractivity contribution >= 4 is 34.1 Å². The van der Waals surface area contributed by atoms with E-state index in [1.54, 1.807) is 16.0 Å². The van der Waals surface area contributed by atoms with E-state index >= 15 is 0 Å². The van der Waals surface area contributed by atoms with Crippen molar-refractivity contribution in [2.24, 2.45) is 0 Å². The van der Waals surface area contributed by atoms with Gasteiger partial charge in [-0.2, -0.15) is 4.98 Å². The first-order valence-corrected chi connectivity index (χ1v) is 11.2. The lowest BCUT2D eigenvalue weighted by atomic mass is 10.2. The number of aromatic nitrogens is 4. The minimum absolute atomic E-state index is 0.490. The van der Waals surface area contributed by atoms with E-state index in [-0.39, 0.29) is 0 Å². The SMILES string of the molecule is Nc1c2c(-c3cccs3)nc(NCCOc3ccccc3)nc2nn1Cc1ccccc1. The number of anilines is 2. The van der Waals surface area contributed by atoms with Crippen molar-refractivity contribution in [1.82, 2.24) is 19.7 Å². The van der Waals surface area contributed by atoms with Crippen LogP contribution in [0.3, 0.4) is 0 Å². The smallest absolute Gasteiger partial charge is 0.225 e. The molecule has 0 aliphatic heterocycles. The van der Waals surface area contributed by atoms with Crippen LogP contribution in [-0.2, 0) is 6.54 Å². The number of hydrogen-bond donors (Lipinski definition) is 2. The highest BCUT2D eigenvalue weighted by Gasteiger charge is 2.19. The number of fused-ring (bicyclic) bond motifs is 1. The van der Waals surface area contributed by atoms with Crippen molar-refractivity contribution in [2.45, 2.75) is 6.54 Å². The Balaban J connectivity index is 1.42. The molecule has 0 radical (unpaired) electrons. The van der Waals surface area contributed by atoms with Gasteiger partial charge >= 0.3 is 0 Å². The van der Waals surface area contributed by atoms with Crippen molar-refractivity contribution < 1.29 is 4.74 Å². The van der Waals surface area contributed by atoms with Gasteiger partial charge < -0.3 is 15.8 Å². The van der Waals surface area contributed by atoms with Crippen LogP contribution < -0.4 is 15.8 Å². The second kappa shape index (κ2) is 9.07. The molecule has 0 bridgehead atoms. The molecule has 0 spiro atoms. The number of benzene rings is 2. The maximum atomic E-state index is 6.51. The summed E-state index contributed by atoms with van der Waals surface area (Å²) in [4.78, 5) is 10.4. The number of nitrogens with one attached hydrogen (secondary N) is 1. The molecule has 3 aromatic heterocycles. The van der Waals surface area contributed by atoms with Gasteiger partial charge in [0, 0.05) is 0 Å². The van der Waals surface area contributed by atoms with E-state index in [0.717, 1.165) is 27.3 Å². The van der Waals surface area contributed by atoms with E-state index in [0.29, 0.717) is 37.1 Å². The molecule has 0 atom stereocenters. The summed E-state index contributed by atoms with van der Waals surface area (Å²) in [5.41, 5.74) is 8.99. The largest absolute Gasteiger partial charge is 0.492 e. The number of ether oxygens (including phenoxy) is 1. The minimum atomic E-state index is 0.490. The van der Waals surface area contributed by atoms with Crippen LogP contribution in [0.4, 0.5) is 11.8 Å². The minimum Gasteiger partial charge on any atom is -0.492 e. The van der Waals surface area contributed by atoms with Gasteiger partial charge in [-0.3, -0.25) is 0 Å². The lowest BCUT2D eigenvalue weighted by Crippen LogP contribution is -2.13. The number of nitrogens with zero attached hydrogens (tertiary/aromatic N) is 4. The van der Waals surface area contributed by atoms with E-state index in [2.05, 4.69) is 27.5 Å². The zero-order valence-electron chi connectivity index (χ0n) is 17.3. The standard InChI is InChI=1S/C24H22N6OS/c25-22-20-21(19-12-7-15-32-19)27-24(26-13-14-31-18-10-5-2-6-11-18)28-23(20)29-30(22)16-17-8-3-1-4-9-17/h1-12,15H,13-14,16,25H2,(H,26,28,29). The predicted octanol–water partition coefficient (Wildman–Crippen LogP) is 4.68. The molecule has 0 unspecified atom stereocenters. The third-order valence-corrected chi connectivity index (χ3v) is 5.84. The second-order valence-corrected chi connectivity index (χ2v) is 8.14. The average Bonchev–Trinajstić information content (AvgIpc) is 3.47. The highest BCUT2D eigenvalue weighted by molar-refractivity contribution is 7.13. The number of nitrogen functional groups attached to an aromatic ring is 1. The molecular formula is C24H22N6OS. The lowest BCUT2D eigenvalue weighted by Gasteiger charge is -2.09. The van der Waals surface area contributed by atoms with Crippen LogP contribution in [0.2, 0.25) is 0 Å². The van der Waals surface area contributed by atoms with Crippen molar-refractivity contribution in [3.05, 3.63) is 83.7 Å². The van der Waals surface area contributed by atoms with Crippen LogP contribution in [0.25, 0.3) is 21.6 Å². The fraction of sp³-hybridized carbons (Fsp3) is 0.125. The summed E-state index contributed by atoms with van der Waals surface area (Å²) < 4.78 is 7.54. The number of thiophene rings is 1. The third-order valence-electron chi connectivity index (χ3n) is 4.97. The van der Waals surface area contributed by atoms with Gasteiger partial charge in [0.1, 0.15) is 18.2 Å². The molecule has 7 nitrogen and oxygen atoms in total. The highest BCUT2D eigenvalue weighted by Crippen LogP contribution is 2.34. The fourth-order valence-electron chi connectivity index (χ4n) is 3.45. The van der Waals surface area contributed by atoms with E-state index < -0.39 is 0 Å². The summed E-state index contributed by atoms with van der Waals surface area (Å²) in [7, 11) is 0. The predicted molar refractivity (Wildman–Crippen MR) is 129 cm³/mol. The molecule has 5 aromatic rings. The van der Waals surface area contributed by atoms with Crippen molar-refractivity contribution in [3.8, 4) is 16.3 Å². The number of para-hydroxylation sites is 1. The van der Waals surface area contributed by atoms with Crippen LogP contribution in [0, 0.1) is 0 Å². The average molecular weight is 443 g/mol. The molecule has 0 aliphatic carbocycles. The molecule has 0 saturated carbocycles. The summed E-state index contributed by atoms with van der Waals surface area (Å²) in [6, 6.07) is 23.9. The van der Waals surface area contributed by atoms with Gasteiger partial charge in [-0.1, -0.05) is 54.6 Å². The Bertz CT molecular complexity index is 1300. The Morgan fingerprint density at radius 2 is 1.72 bits per heavy atom. The third kappa shape index (κ3) is 4.26. The molecule has 2 aromatic carbocycles. The topological polar surface area (TPSA) is 90.9 Å². The van der Waals surface area contributed by atoms with Gasteiger partial charge in [0.05, 0.1) is 29.0 Å². The Morgan fingerprint density at radius 3 is 2.47 bits per heavy atom.